The molecule has 0 atom stereocenters. The fourth-order valence-corrected chi connectivity index (χ4v) is 2.85. The van der Waals surface area contributed by atoms with Gasteiger partial charge in [-0.05, 0) is 42.8 Å². The summed E-state index contributed by atoms with van der Waals surface area (Å²) >= 11 is 0. The Bertz CT molecular complexity index is 846. The van der Waals surface area contributed by atoms with E-state index in [1.54, 1.807) is 0 Å². The van der Waals surface area contributed by atoms with Gasteiger partial charge in [-0.1, -0.05) is 12.6 Å². The van der Waals surface area contributed by atoms with Gasteiger partial charge in [-0.15, -0.1) is 0 Å². The van der Waals surface area contributed by atoms with Gasteiger partial charge in [0.1, 0.15) is 0 Å². The molecule has 0 spiro atoms. The van der Waals surface area contributed by atoms with Gasteiger partial charge < -0.3 is 24.4 Å². The van der Waals surface area contributed by atoms with Crippen molar-refractivity contribution in [2.24, 2.45) is 0 Å². The maximum absolute atomic E-state index is 11.8. The van der Waals surface area contributed by atoms with Gasteiger partial charge in [0, 0.05) is 25.3 Å². The van der Waals surface area contributed by atoms with Crippen molar-refractivity contribution < 1.29 is 19.0 Å². The number of hydrogen-bond acceptors (Lipinski definition) is 5. The van der Waals surface area contributed by atoms with Gasteiger partial charge in [0.05, 0.1) is 12.3 Å². The summed E-state index contributed by atoms with van der Waals surface area (Å²) in [4.78, 5) is 13.8. The minimum atomic E-state index is -0.291. The number of carbonyl (C=O) groups is 1. The third-order valence-corrected chi connectivity index (χ3v) is 4.01. The van der Waals surface area contributed by atoms with Crippen LogP contribution in [0.3, 0.4) is 0 Å². The van der Waals surface area contributed by atoms with Crippen LogP contribution in [0.25, 0.3) is 11.1 Å². The molecule has 0 bridgehead atoms. The molecule has 0 radical (unpaired) electrons. The summed E-state index contributed by atoms with van der Waals surface area (Å²) in [5.41, 5.74) is 3.34. The van der Waals surface area contributed by atoms with Crippen molar-refractivity contribution >= 4 is 17.3 Å². The summed E-state index contributed by atoms with van der Waals surface area (Å²) in [5.74, 6) is 1.72. The predicted octanol–water partition coefficient (Wildman–Crippen LogP) is 3.67. The number of benzene rings is 2. The molecule has 0 aromatic heterocycles. The highest BCUT2D eigenvalue weighted by atomic mass is 16.7. The molecular weight excluding hydrogens is 332 g/mol. The largest absolute Gasteiger partial charge is 0.491 e. The van der Waals surface area contributed by atoms with E-state index in [1.165, 1.54) is 6.08 Å². The van der Waals surface area contributed by atoms with E-state index in [0.717, 1.165) is 16.8 Å². The van der Waals surface area contributed by atoms with Crippen molar-refractivity contribution in [3.8, 4) is 28.4 Å². The number of rotatable bonds is 6. The van der Waals surface area contributed by atoms with Gasteiger partial charge in [-0.2, -0.15) is 0 Å². The molecule has 0 saturated carbocycles. The van der Waals surface area contributed by atoms with E-state index >= 15 is 0 Å². The second kappa shape index (κ2) is 7.39. The van der Waals surface area contributed by atoms with Crippen LogP contribution in [0.4, 0.5) is 11.4 Å². The molecular formula is C20H22N2O4. The molecule has 6 nitrogen and oxygen atoms in total. The Balaban J connectivity index is 2.20. The monoisotopic (exact) mass is 354 g/mol. The molecule has 2 aromatic carbocycles. The molecule has 1 heterocycles. The van der Waals surface area contributed by atoms with E-state index < -0.39 is 0 Å². The number of carbonyl (C=O) groups excluding carboxylic acids is 1. The molecule has 1 aliphatic rings. The third-order valence-electron chi connectivity index (χ3n) is 4.01. The molecule has 1 amide bonds. The van der Waals surface area contributed by atoms with Crippen molar-refractivity contribution in [2.45, 2.75) is 6.92 Å². The average Bonchev–Trinajstić information content (AvgIpc) is 3.10. The lowest BCUT2D eigenvalue weighted by atomic mass is 10.00. The normalized spacial score (nSPS) is 11.8. The lowest BCUT2D eigenvalue weighted by Crippen LogP contribution is -2.14. The zero-order valence-corrected chi connectivity index (χ0v) is 15.2. The predicted molar refractivity (Wildman–Crippen MR) is 102 cm³/mol. The molecule has 136 valence electrons. The quantitative estimate of drug-likeness (QED) is 0.802. The van der Waals surface area contributed by atoms with Crippen molar-refractivity contribution in [1.82, 2.24) is 0 Å². The minimum absolute atomic E-state index is 0.215. The highest BCUT2D eigenvalue weighted by molar-refractivity contribution is 6.02. The Kier molecular flexibility index (Phi) is 5.02. The molecule has 0 unspecified atom stereocenters. The van der Waals surface area contributed by atoms with Gasteiger partial charge in [0.2, 0.25) is 12.7 Å². The summed E-state index contributed by atoms with van der Waals surface area (Å²) in [6, 6.07) is 9.53. The van der Waals surface area contributed by atoms with E-state index in [0.29, 0.717) is 29.5 Å². The summed E-state index contributed by atoms with van der Waals surface area (Å²) < 4.78 is 16.8. The number of fused-ring (bicyclic) bond motifs is 1. The molecule has 0 aliphatic carbocycles. The van der Waals surface area contributed by atoms with E-state index in [9.17, 15) is 4.79 Å². The highest BCUT2D eigenvalue weighted by Gasteiger charge is 2.21. The summed E-state index contributed by atoms with van der Waals surface area (Å²) in [6.07, 6.45) is 1.23. The lowest BCUT2D eigenvalue weighted by molar-refractivity contribution is -0.111. The molecule has 2 aromatic rings. The first-order valence-electron chi connectivity index (χ1n) is 8.35. The fraction of sp³-hybridized carbons (Fsp3) is 0.250. The Hall–Kier alpha value is -3.15. The molecule has 3 rings (SSSR count). The number of nitrogens with one attached hydrogen (secondary N) is 1. The van der Waals surface area contributed by atoms with Crippen molar-refractivity contribution in [1.29, 1.82) is 0 Å². The van der Waals surface area contributed by atoms with Crippen LogP contribution in [-0.2, 0) is 4.79 Å². The van der Waals surface area contributed by atoms with E-state index in [1.807, 2.05) is 56.3 Å². The van der Waals surface area contributed by atoms with Gasteiger partial charge in [0.15, 0.2) is 17.2 Å². The summed E-state index contributed by atoms with van der Waals surface area (Å²) in [6.45, 7) is 6.09. The fourth-order valence-electron chi connectivity index (χ4n) is 2.85. The Labute approximate surface area is 153 Å². The van der Waals surface area contributed by atoms with E-state index in [2.05, 4.69) is 11.9 Å². The van der Waals surface area contributed by atoms with Crippen LogP contribution in [0.5, 0.6) is 17.2 Å². The van der Waals surface area contributed by atoms with E-state index in [-0.39, 0.29) is 12.7 Å². The lowest BCUT2D eigenvalue weighted by Gasteiger charge is -2.23. The van der Waals surface area contributed by atoms with Gasteiger partial charge >= 0.3 is 0 Å². The van der Waals surface area contributed by atoms with E-state index in [4.69, 9.17) is 14.2 Å². The maximum atomic E-state index is 11.8. The first kappa shape index (κ1) is 17.7. The van der Waals surface area contributed by atoms with Gasteiger partial charge in [-0.25, -0.2) is 0 Å². The Morgan fingerprint density at radius 3 is 2.73 bits per heavy atom. The molecule has 26 heavy (non-hydrogen) atoms. The maximum Gasteiger partial charge on any atom is 0.247 e. The molecule has 0 fully saturated rings. The van der Waals surface area contributed by atoms with Crippen LogP contribution in [0, 0.1) is 0 Å². The third kappa shape index (κ3) is 3.31. The minimum Gasteiger partial charge on any atom is -0.491 e. The smallest absolute Gasteiger partial charge is 0.247 e. The summed E-state index contributed by atoms with van der Waals surface area (Å²) in [7, 11) is 3.92. The highest BCUT2D eigenvalue weighted by Crippen LogP contribution is 2.46. The number of amides is 1. The first-order chi connectivity index (χ1) is 12.5. The molecule has 6 heteroatoms. The number of hydrogen-bond donors (Lipinski definition) is 1. The van der Waals surface area contributed by atoms with Crippen molar-refractivity contribution in [2.75, 3.05) is 37.7 Å². The zero-order valence-electron chi connectivity index (χ0n) is 15.2. The van der Waals surface area contributed by atoms with Crippen LogP contribution in [0.1, 0.15) is 6.92 Å². The average molecular weight is 354 g/mol. The molecule has 1 N–H and O–H groups in total. The number of ether oxygens (including phenoxy) is 3. The Morgan fingerprint density at radius 2 is 2.04 bits per heavy atom. The number of anilines is 2. The summed E-state index contributed by atoms with van der Waals surface area (Å²) in [5, 5.41) is 2.82. The number of nitrogens with zero attached hydrogens (tertiary/aromatic N) is 1. The van der Waals surface area contributed by atoms with Crippen LogP contribution < -0.4 is 24.4 Å². The van der Waals surface area contributed by atoms with Crippen LogP contribution >= 0.6 is 0 Å². The standard InChI is InChI=1S/C20H22N2O4/c1-5-18(23)21-14-8-9-15(22(3)4)19(20(14)24-6-2)13-7-10-16-17(11-13)26-12-25-16/h5,7-11H,1,6,12H2,2-4H3,(H,21,23). The topological polar surface area (TPSA) is 60.0 Å². The SMILES string of the molecule is C=CC(=O)Nc1ccc(N(C)C)c(-c2ccc3c(c2)OCO3)c1OCC. The van der Waals surface area contributed by atoms with Crippen LogP contribution in [-0.4, -0.2) is 33.4 Å². The first-order valence-corrected chi connectivity index (χ1v) is 8.35. The van der Waals surface area contributed by atoms with Gasteiger partial charge in [0.25, 0.3) is 0 Å². The molecule has 0 saturated heterocycles. The van der Waals surface area contributed by atoms with Crippen molar-refractivity contribution in [3.05, 3.63) is 43.0 Å². The van der Waals surface area contributed by atoms with Crippen LogP contribution in [0.15, 0.2) is 43.0 Å². The zero-order chi connectivity index (χ0) is 18.7. The second-order valence-corrected chi connectivity index (χ2v) is 5.93. The van der Waals surface area contributed by atoms with Crippen molar-refractivity contribution in [3.63, 3.8) is 0 Å². The Morgan fingerprint density at radius 1 is 1.27 bits per heavy atom. The van der Waals surface area contributed by atoms with Gasteiger partial charge in [-0.3, -0.25) is 4.79 Å². The second-order valence-electron chi connectivity index (χ2n) is 5.93. The molecule has 1 aliphatic heterocycles. The van der Waals surface area contributed by atoms with Crippen LogP contribution in [0.2, 0.25) is 0 Å².